The van der Waals surface area contributed by atoms with Gasteiger partial charge in [0.1, 0.15) is 6.04 Å². The van der Waals surface area contributed by atoms with Crippen molar-refractivity contribution in [2.75, 3.05) is 6.61 Å². The van der Waals surface area contributed by atoms with Crippen molar-refractivity contribution in [2.45, 2.75) is 18.9 Å². The van der Waals surface area contributed by atoms with E-state index in [0.717, 1.165) is 23.0 Å². The molecule has 0 saturated carbocycles. The smallest absolute Gasteiger partial charge is 0.480 e. The summed E-state index contributed by atoms with van der Waals surface area (Å²) < 4.78 is 5.10. The van der Waals surface area contributed by atoms with Gasteiger partial charge in [-0.05, 0) is 29.4 Å². The highest BCUT2D eigenvalue weighted by Crippen LogP contribution is 2.11. The second-order valence-electron chi connectivity index (χ2n) is 4.16. The second-order valence-corrected chi connectivity index (χ2v) is 4.16. The molecule has 0 radical (unpaired) electrons. The summed E-state index contributed by atoms with van der Waals surface area (Å²) in [5, 5.41) is 18.3. The third-order valence-corrected chi connectivity index (χ3v) is 2.89. The predicted molar refractivity (Wildman–Crippen MR) is 63.0 cm³/mol. The molecule has 0 saturated heterocycles. The van der Waals surface area contributed by atoms with E-state index in [1.54, 1.807) is 12.1 Å². The topological polar surface area (TPSA) is 92.8 Å². The van der Waals surface area contributed by atoms with Gasteiger partial charge in [-0.1, -0.05) is 18.2 Å². The number of benzene rings is 1. The highest BCUT2D eigenvalue weighted by molar-refractivity contribution is 6.60. The van der Waals surface area contributed by atoms with E-state index in [1.165, 1.54) is 0 Å². The van der Waals surface area contributed by atoms with Crippen LogP contribution < -0.4 is 11.2 Å². The van der Waals surface area contributed by atoms with Crippen LogP contribution in [0.4, 0.5) is 0 Å². The summed E-state index contributed by atoms with van der Waals surface area (Å²) in [6.07, 6.45) is 1.02. The van der Waals surface area contributed by atoms with Crippen LogP contribution in [-0.4, -0.2) is 35.9 Å². The SMILES string of the molecule is N[C@@H](Cc1ccc2c(c1)CCOB2O)C(=O)O. The van der Waals surface area contributed by atoms with Crippen LogP contribution in [0.2, 0.25) is 0 Å². The van der Waals surface area contributed by atoms with Gasteiger partial charge in [-0.25, -0.2) is 0 Å². The standard InChI is InChI=1S/C11H14BNO4/c13-10(11(14)15)6-7-1-2-9-8(5-7)3-4-17-12(9)16/h1-2,5,10,16H,3-4,6,13H2,(H,14,15)/t10-/m0/s1. The molecular formula is C11H14BNO4. The highest BCUT2D eigenvalue weighted by Gasteiger charge is 2.24. The minimum atomic E-state index is -1.01. The van der Waals surface area contributed by atoms with Crippen LogP contribution in [-0.2, 0) is 22.3 Å². The Morgan fingerprint density at radius 3 is 3.06 bits per heavy atom. The number of fused-ring (bicyclic) bond motifs is 1. The Bertz CT molecular complexity index is 437. The number of carboxylic acids is 1. The molecule has 4 N–H and O–H groups in total. The Morgan fingerprint density at radius 2 is 2.35 bits per heavy atom. The van der Waals surface area contributed by atoms with Crippen LogP contribution in [0.3, 0.4) is 0 Å². The molecule has 5 nitrogen and oxygen atoms in total. The fourth-order valence-electron chi connectivity index (χ4n) is 1.96. The van der Waals surface area contributed by atoms with E-state index < -0.39 is 19.1 Å². The van der Waals surface area contributed by atoms with Gasteiger partial charge in [-0.3, -0.25) is 4.79 Å². The van der Waals surface area contributed by atoms with E-state index >= 15 is 0 Å². The Kier molecular flexibility index (Phi) is 3.47. The third-order valence-electron chi connectivity index (χ3n) is 2.89. The van der Waals surface area contributed by atoms with Gasteiger partial charge in [0.15, 0.2) is 0 Å². The van der Waals surface area contributed by atoms with E-state index in [0.29, 0.717) is 13.0 Å². The Hall–Kier alpha value is -1.37. The molecule has 0 fully saturated rings. The lowest BCUT2D eigenvalue weighted by molar-refractivity contribution is -0.138. The van der Waals surface area contributed by atoms with E-state index in [1.807, 2.05) is 6.07 Å². The van der Waals surface area contributed by atoms with Gasteiger partial charge in [0, 0.05) is 6.61 Å². The number of hydrogen-bond donors (Lipinski definition) is 3. The van der Waals surface area contributed by atoms with Crippen LogP contribution >= 0.6 is 0 Å². The second kappa shape index (κ2) is 4.87. The van der Waals surface area contributed by atoms with Crippen molar-refractivity contribution in [3.63, 3.8) is 0 Å². The van der Waals surface area contributed by atoms with E-state index in [9.17, 15) is 9.82 Å². The number of carbonyl (C=O) groups is 1. The van der Waals surface area contributed by atoms with Crippen molar-refractivity contribution in [1.82, 2.24) is 0 Å². The van der Waals surface area contributed by atoms with Gasteiger partial charge in [0.25, 0.3) is 0 Å². The van der Waals surface area contributed by atoms with Crippen molar-refractivity contribution in [2.24, 2.45) is 5.73 Å². The zero-order chi connectivity index (χ0) is 12.4. The lowest BCUT2D eigenvalue weighted by Gasteiger charge is -2.20. The summed E-state index contributed by atoms with van der Waals surface area (Å²) in [5.41, 5.74) is 8.10. The van der Waals surface area contributed by atoms with Crippen molar-refractivity contribution in [3.8, 4) is 0 Å². The summed E-state index contributed by atoms with van der Waals surface area (Å²) in [6.45, 7) is 0.475. The molecule has 2 rings (SSSR count). The Labute approximate surface area is 99.3 Å². The van der Waals surface area contributed by atoms with Gasteiger partial charge < -0.3 is 20.5 Å². The maximum absolute atomic E-state index is 10.7. The monoisotopic (exact) mass is 235 g/mol. The summed E-state index contributed by atoms with van der Waals surface area (Å²) in [4.78, 5) is 10.7. The zero-order valence-electron chi connectivity index (χ0n) is 9.30. The molecule has 1 aliphatic rings. The van der Waals surface area contributed by atoms with E-state index in [-0.39, 0.29) is 0 Å². The minimum absolute atomic E-state index is 0.291. The Morgan fingerprint density at radius 1 is 1.59 bits per heavy atom. The van der Waals surface area contributed by atoms with Gasteiger partial charge in [0.2, 0.25) is 0 Å². The third kappa shape index (κ3) is 2.66. The predicted octanol–water partition coefficient (Wildman–Crippen LogP) is -1.10. The van der Waals surface area contributed by atoms with Crippen LogP contribution in [0.1, 0.15) is 11.1 Å². The van der Waals surface area contributed by atoms with Crippen LogP contribution in [0.5, 0.6) is 0 Å². The van der Waals surface area contributed by atoms with Crippen molar-refractivity contribution < 1.29 is 19.6 Å². The van der Waals surface area contributed by atoms with Crippen molar-refractivity contribution >= 4 is 18.6 Å². The molecule has 17 heavy (non-hydrogen) atoms. The molecule has 1 aliphatic heterocycles. The first-order valence-electron chi connectivity index (χ1n) is 5.47. The number of rotatable bonds is 3. The van der Waals surface area contributed by atoms with Crippen molar-refractivity contribution in [3.05, 3.63) is 29.3 Å². The highest BCUT2D eigenvalue weighted by atomic mass is 16.5. The van der Waals surface area contributed by atoms with Crippen LogP contribution in [0, 0.1) is 0 Å². The molecule has 6 heteroatoms. The van der Waals surface area contributed by atoms with Crippen LogP contribution in [0.15, 0.2) is 18.2 Å². The molecule has 0 unspecified atom stereocenters. The van der Waals surface area contributed by atoms with E-state index in [4.69, 9.17) is 15.5 Å². The number of aliphatic carboxylic acids is 1. The molecule has 1 heterocycles. The molecule has 0 spiro atoms. The summed E-state index contributed by atoms with van der Waals surface area (Å²) in [5.74, 6) is -1.01. The average molecular weight is 235 g/mol. The fourth-order valence-corrected chi connectivity index (χ4v) is 1.96. The van der Waals surface area contributed by atoms with E-state index in [2.05, 4.69) is 0 Å². The fraction of sp³-hybridized carbons (Fsp3) is 0.364. The largest absolute Gasteiger partial charge is 0.491 e. The number of nitrogens with two attached hydrogens (primary N) is 1. The quantitative estimate of drug-likeness (QED) is 0.578. The first-order valence-corrected chi connectivity index (χ1v) is 5.47. The van der Waals surface area contributed by atoms with Gasteiger partial charge >= 0.3 is 13.1 Å². The number of carboxylic acid groups (broad SMARTS) is 1. The van der Waals surface area contributed by atoms with Crippen LogP contribution in [0.25, 0.3) is 0 Å². The summed E-state index contributed by atoms with van der Waals surface area (Å²) >= 11 is 0. The molecule has 0 amide bonds. The van der Waals surface area contributed by atoms with Gasteiger partial charge in [0.05, 0.1) is 0 Å². The van der Waals surface area contributed by atoms with Gasteiger partial charge in [-0.2, -0.15) is 0 Å². The molecule has 0 aromatic heterocycles. The first kappa shape index (κ1) is 12.1. The molecule has 0 aliphatic carbocycles. The first-order chi connectivity index (χ1) is 8.08. The minimum Gasteiger partial charge on any atom is -0.480 e. The normalized spacial score (nSPS) is 16.5. The molecule has 90 valence electrons. The molecule has 1 atom stereocenters. The Balaban J connectivity index is 2.19. The average Bonchev–Trinajstić information content (AvgIpc) is 2.29. The summed E-state index contributed by atoms with van der Waals surface area (Å²) in [7, 11) is -0.874. The maximum atomic E-state index is 10.7. The molecule has 1 aromatic carbocycles. The number of hydrogen-bond acceptors (Lipinski definition) is 4. The lowest BCUT2D eigenvalue weighted by Crippen LogP contribution is -2.41. The van der Waals surface area contributed by atoms with Gasteiger partial charge in [-0.15, -0.1) is 0 Å². The maximum Gasteiger partial charge on any atom is 0.491 e. The molecule has 1 aromatic rings. The molecule has 0 bridgehead atoms. The molecular weight excluding hydrogens is 221 g/mol. The zero-order valence-corrected chi connectivity index (χ0v) is 9.30. The lowest BCUT2D eigenvalue weighted by atomic mass is 9.73. The van der Waals surface area contributed by atoms with Crippen molar-refractivity contribution in [1.29, 1.82) is 0 Å². The summed E-state index contributed by atoms with van der Waals surface area (Å²) in [6, 6.07) is 4.55.